The summed E-state index contributed by atoms with van der Waals surface area (Å²) in [7, 11) is 5.63. The van der Waals surface area contributed by atoms with Gasteiger partial charge in [-0.3, -0.25) is 4.98 Å². The fraction of sp³-hybridized carbons (Fsp3) is 0.139. The van der Waals surface area contributed by atoms with E-state index in [0.29, 0.717) is 5.52 Å². The standard InChI is InChI=1S/C19H18N4O8.C11H8ClNO2.C6H3Cl3N2O2/c1-26-12-8-13(27-2)21-18(20-12)30-10-6-5-7-11(16(10)17(24)25)31-19-22-14(28-3)9-15(23-19)29-4;1-6-4-7-2-3-8(12)9(11(14)15)10(7)13-5-6;7-1-3(10)2(8)5(9)11-4(1)6(12)13/h5-9H,1-4H3,(H,24,25);2-5H,1H3,(H,14,15);(H2,10,11)(H,12,13). The summed E-state index contributed by atoms with van der Waals surface area (Å²) in [6.45, 7) is 1.90. The van der Waals surface area contributed by atoms with Gasteiger partial charge in [0.2, 0.25) is 23.5 Å². The number of methoxy groups -OCH3 is 4. The molecule has 0 aliphatic rings. The van der Waals surface area contributed by atoms with Crippen molar-refractivity contribution in [1.29, 1.82) is 0 Å². The summed E-state index contributed by atoms with van der Waals surface area (Å²) in [5, 5.41) is 27.9. The number of nitrogen functional groups attached to an aromatic ring is 1. The second-order valence-electron chi connectivity index (χ2n) is 11.0. The molecule has 5 N–H and O–H groups in total. The number of carboxylic acid groups (broad SMARTS) is 3. The molecular weight excluding hydrogens is 864 g/mol. The van der Waals surface area contributed by atoms with Gasteiger partial charge in [-0.05, 0) is 36.8 Å². The number of aryl methyl sites for hydroxylation is 1. The predicted molar refractivity (Wildman–Crippen MR) is 213 cm³/mol. The van der Waals surface area contributed by atoms with Gasteiger partial charge in [-0.15, -0.1) is 0 Å². The fourth-order valence-corrected chi connectivity index (χ4v) is 5.35. The van der Waals surface area contributed by atoms with Crippen molar-refractivity contribution in [3.8, 4) is 47.0 Å². The number of ether oxygens (including phenoxy) is 6. The van der Waals surface area contributed by atoms with Crippen LogP contribution in [0.3, 0.4) is 0 Å². The number of aromatic carboxylic acids is 3. The molecule has 0 saturated carbocycles. The van der Waals surface area contributed by atoms with Crippen molar-refractivity contribution >= 4 is 80.9 Å². The van der Waals surface area contributed by atoms with Crippen LogP contribution in [-0.4, -0.2) is 91.6 Å². The average molecular weight is 893 g/mol. The lowest BCUT2D eigenvalue weighted by Crippen LogP contribution is -2.06. The van der Waals surface area contributed by atoms with Gasteiger partial charge in [0.1, 0.15) is 27.6 Å². The molecule has 0 unspecified atom stereocenters. The summed E-state index contributed by atoms with van der Waals surface area (Å²) < 4.78 is 31.4. The molecule has 23 heteroatoms. The number of pyridine rings is 2. The SMILES string of the molecule is COc1cc(OC)nc(Oc2cccc(Oc3nc(OC)cc(OC)n3)c2C(=O)O)n1.Cc1cnc2c(C(=O)O)c(Cl)ccc2c1.Nc1c(Cl)c(Cl)nc(C(=O)O)c1Cl. The number of rotatable bonds is 11. The largest absolute Gasteiger partial charge is 0.481 e. The van der Waals surface area contributed by atoms with E-state index in [1.54, 1.807) is 18.3 Å². The Morgan fingerprint density at radius 3 is 1.53 bits per heavy atom. The second-order valence-corrected chi connectivity index (χ2v) is 12.5. The van der Waals surface area contributed by atoms with Crippen LogP contribution < -0.4 is 34.2 Å². The van der Waals surface area contributed by atoms with Crippen molar-refractivity contribution in [2.45, 2.75) is 6.92 Å². The van der Waals surface area contributed by atoms with Crippen LogP contribution in [0.25, 0.3) is 10.9 Å². The third-order valence-corrected chi connectivity index (χ3v) is 8.64. The molecule has 2 aromatic carbocycles. The molecule has 0 spiro atoms. The first-order valence-electron chi connectivity index (χ1n) is 16.0. The summed E-state index contributed by atoms with van der Waals surface area (Å²) in [6, 6.07) is 12.1. The Balaban J connectivity index is 0.000000226. The van der Waals surface area contributed by atoms with Crippen LogP contribution in [0.4, 0.5) is 5.69 Å². The monoisotopic (exact) mass is 891 g/mol. The number of nitrogens with two attached hydrogens (primary N) is 1. The van der Waals surface area contributed by atoms with Crippen LogP contribution in [-0.2, 0) is 0 Å². The van der Waals surface area contributed by atoms with Crippen LogP contribution in [0.5, 0.6) is 47.0 Å². The quantitative estimate of drug-likeness (QED) is 0.0903. The van der Waals surface area contributed by atoms with Gasteiger partial charge >= 0.3 is 29.9 Å². The van der Waals surface area contributed by atoms with Crippen molar-refractivity contribution in [3.63, 3.8) is 0 Å². The number of carboxylic acids is 3. The number of aromatic nitrogens is 6. The lowest BCUT2D eigenvalue weighted by molar-refractivity contribution is 0.0679. The minimum atomic E-state index is -1.32. The Hall–Kier alpha value is -6.67. The molecule has 0 aliphatic carbocycles. The van der Waals surface area contributed by atoms with Gasteiger partial charge in [0.15, 0.2) is 10.8 Å². The Morgan fingerprint density at radius 2 is 1.10 bits per heavy atom. The maximum absolute atomic E-state index is 12.0. The lowest BCUT2D eigenvalue weighted by Gasteiger charge is -2.13. The zero-order valence-corrected chi connectivity index (χ0v) is 34.0. The first kappa shape index (κ1) is 45.0. The van der Waals surface area contributed by atoms with Gasteiger partial charge in [0.05, 0.1) is 61.8 Å². The normalized spacial score (nSPS) is 10.3. The number of anilines is 1. The van der Waals surface area contributed by atoms with Gasteiger partial charge in [-0.25, -0.2) is 19.4 Å². The van der Waals surface area contributed by atoms with E-state index in [1.807, 2.05) is 13.0 Å². The highest BCUT2D eigenvalue weighted by Gasteiger charge is 2.23. The number of halogens is 4. The molecule has 6 rings (SSSR count). The maximum Gasteiger partial charge on any atom is 0.356 e. The van der Waals surface area contributed by atoms with Gasteiger partial charge in [0, 0.05) is 11.6 Å². The molecule has 0 atom stereocenters. The highest BCUT2D eigenvalue weighted by molar-refractivity contribution is 6.46. The van der Waals surface area contributed by atoms with E-state index in [-0.39, 0.29) is 84.1 Å². The average Bonchev–Trinajstić information content (AvgIpc) is 3.21. The maximum atomic E-state index is 12.0. The van der Waals surface area contributed by atoms with E-state index in [0.717, 1.165) is 10.9 Å². The second kappa shape index (κ2) is 20.1. The third-order valence-electron chi connectivity index (χ3n) is 7.19. The third kappa shape index (κ3) is 11.3. The molecule has 19 nitrogen and oxygen atoms in total. The fourth-order valence-electron chi connectivity index (χ4n) is 4.53. The molecule has 0 amide bonds. The van der Waals surface area contributed by atoms with E-state index in [2.05, 4.69) is 29.9 Å². The van der Waals surface area contributed by atoms with Crippen LogP contribution in [0.1, 0.15) is 36.8 Å². The molecule has 0 bridgehead atoms. The van der Waals surface area contributed by atoms with E-state index in [1.165, 1.54) is 58.8 Å². The Kier molecular flexibility index (Phi) is 15.4. The molecule has 4 aromatic heterocycles. The predicted octanol–water partition coefficient (Wildman–Crippen LogP) is 7.80. The van der Waals surface area contributed by atoms with Gasteiger partial charge in [-0.1, -0.05) is 58.5 Å². The summed E-state index contributed by atoms with van der Waals surface area (Å²) in [5.74, 6) is -3.19. The highest BCUT2D eigenvalue weighted by Crippen LogP contribution is 2.36. The molecule has 0 saturated heterocycles. The van der Waals surface area contributed by atoms with Crippen molar-refractivity contribution in [1.82, 2.24) is 29.9 Å². The zero-order chi connectivity index (χ0) is 43.6. The van der Waals surface area contributed by atoms with E-state index in [4.69, 9.17) is 90.8 Å². The van der Waals surface area contributed by atoms with Gasteiger partial charge in [-0.2, -0.15) is 19.9 Å². The molecule has 0 radical (unpaired) electrons. The number of carbonyl (C=O) groups is 3. The molecule has 0 aliphatic heterocycles. The lowest BCUT2D eigenvalue weighted by atomic mass is 10.1. The van der Waals surface area contributed by atoms with Crippen molar-refractivity contribution < 1.29 is 58.1 Å². The summed E-state index contributed by atoms with van der Waals surface area (Å²) in [4.78, 5) is 57.2. The number of hydrogen-bond donors (Lipinski definition) is 4. The minimum Gasteiger partial charge on any atom is -0.481 e. The van der Waals surface area contributed by atoms with Crippen molar-refractivity contribution in [2.75, 3.05) is 34.2 Å². The Labute approximate surface area is 353 Å². The molecule has 6 aromatic rings. The zero-order valence-electron chi connectivity index (χ0n) is 31.0. The molecule has 308 valence electrons. The van der Waals surface area contributed by atoms with Gasteiger partial charge < -0.3 is 49.5 Å². The molecule has 59 heavy (non-hydrogen) atoms. The number of nitrogens with zero attached hydrogens (tertiary/aromatic N) is 6. The molecule has 0 fully saturated rings. The van der Waals surface area contributed by atoms with Crippen molar-refractivity contribution in [3.05, 3.63) is 97.3 Å². The first-order valence-corrected chi connectivity index (χ1v) is 17.5. The van der Waals surface area contributed by atoms with Gasteiger partial charge in [0.25, 0.3) is 0 Å². The first-order chi connectivity index (χ1) is 28.0. The molecule has 4 heterocycles. The van der Waals surface area contributed by atoms with Crippen LogP contribution >= 0.6 is 46.4 Å². The van der Waals surface area contributed by atoms with Crippen LogP contribution in [0, 0.1) is 6.92 Å². The minimum absolute atomic E-state index is 0.0448. The Bertz CT molecular complexity index is 2430. The van der Waals surface area contributed by atoms with Crippen molar-refractivity contribution in [2.24, 2.45) is 0 Å². The smallest absolute Gasteiger partial charge is 0.356 e. The topological polar surface area (TPSA) is 271 Å². The van der Waals surface area contributed by atoms with E-state index < -0.39 is 23.6 Å². The van der Waals surface area contributed by atoms with Crippen LogP contribution in [0.15, 0.2) is 54.7 Å². The van der Waals surface area contributed by atoms with Crippen LogP contribution in [0.2, 0.25) is 20.2 Å². The Morgan fingerprint density at radius 1 is 0.627 bits per heavy atom. The van der Waals surface area contributed by atoms with E-state index in [9.17, 15) is 19.5 Å². The number of fused-ring (bicyclic) bond motifs is 1. The summed E-state index contributed by atoms with van der Waals surface area (Å²) in [6.07, 6.45) is 1.63. The van der Waals surface area contributed by atoms with E-state index >= 15 is 0 Å². The highest BCUT2D eigenvalue weighted by atomic mass is 35.5. The summed E-state index contributed by atoms with van der Waals surface area (Å²) in [5.41, 5.74) is 6.05. The number of benzene rings is 2. The summed E-state index contributed by atoms with van der Waals surface area (Å²) >= 11 is 22.4. The molecular formula is C36H29Cl4N7O12. The number of hydrogen-bond acceptors (Lipinski definition) is 16.